The van der Waals surface area contributed by atoms with Crippen molar-refractivity contribution in [3.8, 4) is 0 Å². The monoisotopic (exact) mass is 1540 g/mol. The SMILES string of the molecule is CCCCCCCCCCCCCCCCCCCCCC(=O)OC[C@H](COP(=O)(O)OC[C@@H](O)COP(=O)(O)OC[C@@H](COC(=O)CCCCCCCCCC(C)C)OC(=O)CCCCCCCCCCCCC(C)CC)OC(=O)CCCCCCCCCCCCCCCCCCCCC(C)CC. The number of aliphatic hydroxyl groups is 1. The summed E-state index contributed by atoms with van der Waals surface area (Å²) in [5.41, 5.74) is 0. The second kappa shape index (κ2) is 76.1. The number of rotatable bonds is 84. The molecule has 0 bridgehead atoms. The van der Waals surface area contributed by atoms with Crippen LogP contribution >= 0.6 is 15.6 Å². The van der Waals surface area contributed by atoms with Gasteiger partial charge in [-0.15, -0.1) is 0 Å². The highest BCUT2D eigenvalue weighted by Crippen LogP contribution is 2.45. The lowest BCUT2D eigenvalue weighted by Gasteiger charge is -2.21. The zero-order chi connectivity index (χ0) is 77.2. The van der Waals surface area contributed by atoms with Crippen LogP contribution in [0.3, 0.4) is 0 Å². The van der Waals surface area contributed by atoms with Gasteiger partial charge in [-0.1, -0.05) is 402 Å². The third-order valence-electron chi connectivity index (χ3n) is 20.9. The van der Waals surface area contributed by atoms with Crippen molar-refractivity contribution in [2.45, 2.75) is 471 Å². The zero-order valence-electron chi connectivity index (χ0n) is 69.2. The lowest BCUT2D eigenvalue weighted by Crippen LogP contribution is -2.30. The second-order valence-electron chi connectivity index (χ2n) is 31.9. The molecule has 0 aromatic carbocycles. The summed E-state index contributed by atoms with van der Waals surface area (Å²) < 4.78 is 68.9. The maximum absolute atomic E-state index is 13.1. The van der Waals surface area contributed by atoms with Crippen molar-refractivity contribution in [2.24, 2.45) is 17.8 Å². The molecule has 3 N–H and O–H groups in total. The van der Waals surface area contributed by atoms with Gasteiger partial charge in [0.1, 0.15) is 19.3 Å². The summed E-state index contributed by atoms with van der Waals surface area (Å²) in [5, 5.41) is 10.7. The fourth-order valence-corrected chi connectivity index (χ4v) is 14.9. The number of hydrogen-bond donors (Lipinski definition) is 3. The Morgan fingerprint density at radius 1 is 0.276 bits per heavy atom. The summed E-state index contributed by atoms with van der Waals surface area (Å²) >= 11 is 0. The number of phosphoric ester groups is 2. The van der Waals surface area contributed by atoms with Crippen LogP contribution in [-0.2, 0) is 65.4 Å². The van der Waals surface area contributed by atoms with E-state index < -0.39 is 97.5 Å². The van der Waals surface area contributed by atoms with Crippen molar-refractivity contribution in [3.05, 3.63) is 0 Å². The highest BCUT2D eigenvalue weighted by molar-refractivity contribution is 7.47. The molecule has 0 spiro atoms. The van der Waals surface area contributed by atoms with E-state index >= 15 is 0 Å². The predicted molar refractivity (Wildman–Crippen MR) is 432 cm³/mol. The largest absolute Gasteiger partial charge is 0.472 e. The first-order chi connectivity index (χ1) is 50.8. The quantitative estimate of drug-likeness (QED) is 0.0222. The van der Waals surface area contributed by atoms with Gasteiger partial charge in [-0.3, -0.25) is 37.3 Å². The number of carbonyl (C=O) groups excluding carboxylic acids is 4. The van der Waals surface area contributed by atoms with Gasteiger partial charge in [0.15, 0.2) is 12.2 Å². The Morgan fingerprint density at radius 3 is 0.724 bits per heavy atom. The van der Waals surface area contributed by atoms with Crippen molar-refractivity contribution in [2.75, 3.05) is 39.6 Å². The molecule has 0 fully saturated rings. The molecule has 624 valence electrons. The van der Waals surface area contributed by atoms with E-state index in [0.717, 1.165) is 108 Å². The minimum Gasteiger partial charge on any atom is -0.462 e. The van der Waals surface area contributed by atoms with Crippen molar-refractivity contribution >= 4 is 39.5 Å². The molecule has 0 saturated heterocycles. The maximum Gasteiger partial charge on any atom is 0.472 e. The molecule has 19 heteroatoms. The standard InChI is InChI=1S/C86H168O17P2/c1-8-11-12-13-14-15-16-17-18-19-20-24-27-30-33-39-46-53-60-67-83(88)96-73-81(102-85(90)69-62-55-47-40-34-31-28-25-22-21-23-26-29-32-37-44-51-58-65-78(6)9-2)75-100-104(92,93)98-71-80(87)72-99-105(94,95)101-76-82(74-97-84(89)68-61-54-49-42-43-50-57-64-77(4)5)103-86(91)70-63-56-48-41-36-35-38-45-52-59-66-79(7)10-3/h77-82,87H,8-76H2,1-7H3,(H,92,93)(H,94,95)/t78?,79?,80-,81-,82-/m1/s1. The van der Waals surface area contributed by atoms with Gasteiger partial charge < -0.3 is 33.8 Å². The molecular formula is C86H168O17P2. The third-order valence-corrected chi connectivity index (χ3v) is 22.8. The average Bonchev–Trinajstić information content (AvgIpc) is 0.924. The van der Waals surface area contributed by atoms with Crippen LogP contribution in [0.4, 0.5) is 0 Å². The Bertz CT molecular complexity index is 2030. The predicted octanol–water partition coefficient (Wildman–Crippen LogP) is 26.1. The van der Waals surface area contributed by atoms with Gasteiger partial charge >= 0.3 is 39.5 Å². The van der Waals surface area contributed by atoms with E-state index in [1.54, 1.807) is 0 Å². The van der Waals surface area contributed by atoms with Gasteiger partial charge in [0.2, 0.25) is 0 Å². The summed E-state index contributed by atoms with van der Waals surface area (Å²) in [4.78, 5) is 73.2. The average molecular weight is 1540 g/mol. The summed E-state index contributed by atoms with van der Waals surface area (Å²) in [6.45, 7) is 12.0. The van der Waals surface area contributed by atoms with Crippen LogP contribution in [0.25, 0.3) is 0 Å². The molecule has 4 unspecified atom stereocenters. The number of hydrogen-bond acceptors (Lipinski definition) is 15. The van der Waals surface area contributed by atoms with Crippen LogP contribution in [0, 0.1) is 17.8 Å². The van der Waals surface area contributed by atoms with Crippen LogP contribution in [-0.4, -0.2) is 96.7 Å². The number of phosphoric acid groups is 2. The van der Waals surface area contributed by atoms with Gasteiger partial charge in [0, 0.05) is 25.7 Å². The number of carbonyl (C=O) groups is 4. The Labute approximate surface area is 645 Å². The first-order valence-corrected chi connectivity index (χ1v) is 47.4. The Hall–Kier alpha value is -1.94. The molecule has 0 aliphatic rings. The van der Waals surface area contributed by atoms with Gasteiger partial charge in [0.25, 0.3) is 0 Å². The normalized spacial score (nSPS) is 14.4. The molecule has 0 aromatic rings. The zero-order valence-corrected chi connectivity index (χ0v) is 71.0. The van der Waals surface area contributed by atoms with Crippen molar-refractivity contribution in [1.29, 1.82) is 0 Å². The fourth-order valence-electron chi connectivity index (χ4n) is 13.3. The van der Waals surface area contributed by atoms with Crippen molar-refractivity contribution < 1.29 is 80.2 Å². The van der Waals surface area contributed by atoms with Gasteiger partial charge in [-0.25, -0.2) is 9.13 Å². The van der Waals surface area contributed by atoms with Crippen molar-refractivity contribution in [1.82, 2.24) is 0 Å². The van der Waals surface area contributed by atoms with Crippen LogP contribution in [0.15, 0.2) is 0 Å². The highest BCUT2D eigenvalue weighted by Gasteiger charge is 2.30. The molecular weight excluding hydrogens is 1370 g/mol. The summed E-state index contributed by atoms with van der Waals surface area (Å²) in [5.74, 6) is 0.272. The minimum atomic E-state index is -4.97. The van der Waals surface area contributed by atoms with Crippen LogP contribution in [0.1, 0.15) is 453 Å². The topological polar surface area (TPSA) is 237 Å². The van der Waals surface area contributed by atoms with E-state index in [9.17, 15) is 43.2 Å². The van der Waals surface area contributed by atoms with E-state index in [2.05, 4.69) is 48.5 Å². The summed E-state index contributed by atoms with van der Waals surface area (Å²) in [7, 11) is -9.93. The van der Waals surface area contributed by atoms with Gasteiger partial charge in [-0.2, -0.15) is 0 Å². The number of ether oxygens (including phenoxy) is 4. The number of esters is 4. The lowest BCUT2D eigenvalue weighted by atomic mass is 9.99. The first kappa shape index (κ1) is 103. The molecule has 7 atom stereocenters. The minimum absolute atomic E-state index is 0.106. The molecule has 0 aliphatic carbocycles. The molecule has 0 aromatic heterocycles. The number of unbranched alkanes of at least 4 members (excludes halogenated alkanes) is 50. The smallest absolute Gasteiger partial charge is 0.462 e. The molecule has 0 rings (SSSR count). The molecule has 0 aliphatic heterocycles. The Balaban J connectivity index is 5.22. The van der Waals surface area contributed by atoms with Crippen LogP contribution in [0.2, 0.25) is 0 Å². The summed E-state index contributed by atoms with van der Waals surface area (Å²) in [6, 6.07) is 0. The van der Waals surface area contributed by atoms with Crippen LogP contribution < -0.4 is 0 Å². The first-order valence-electron chi connectivity index (χ1n) is 44.4. The van der Waals surface area contributed by atoms with Crippen LogP contribution in [0.5, 0.6) is 0 Å². The molecule has 105 heavy (non-hydrogen) atoms. The van der Waals surface area contributed by atoms with E-state index in [1.165, 1.54) is 257 Å². The molecule has 17 nitrogen and oxygen atoms in total. The third kappa shape index (κ3) is 77.2. The Kier molecular flexibility index (Phi) is 74.7. The van der Waals surface area contributed by atoms with Gasteiger partial charge in [0.05, 0.1) is 26.4 Å². The molecule has 0 saturated carbocycles. The lowest BCUT2D eigenvalue weighted by molar-refractivity contribution is -0.161. The fraction of sp³-hybridized carbons (Fsp3) is 0.953. The Morgan fingerprint density at radius 2 is 0.486 bits per heavy atom. The van der Waals surface area contributed by atoms with E-state index in [-0.39, 0.29) is 25.7 Å². The van der Waals surface area contributed by atoms with E-state index in [0.29, 0.717) is 31.6 Å². The van der Waals surface area contributed by atoms with Gasteiger partial charge in [-0.05, 0) is 43.4 Å². The molecule has 0 heterocycles. The second-order valence-corrected chi connectivity index (χ2v) is 34.8. The van der Waals surface area contributed by atoms with Crippen molar-refractivity contribution in [3.63, 3.8) is 0 Å². The number of aliphatic hydroxyl groups excluding tert-OH is 1. The van der Waals surface area contributed by atoms with E-state index in [1.807, 2.05) is 0 Å². The highest BCUT2D eigenvalue weighted by atomic mass is 31.2. The van der Waals surface area contributed by atoms with E-state index in [4.69, 9.17) is 37.0 Å². The molecule has 0 amide bonds. The molecule has 0 radical (unpaired) electrons. The summed E-state index contributed by atoms with van der Waals surface area (Å²) in [6.07, 6.45) is 66.7. The maximum atomic E-state index is 13.1.